The third kappa shape index (κ3) is 10.9. The number of rotatable bonds is 0. The fourth-order valence-corrected chi connectivity index (χ4v) is 0.886. The quantitative estimate of drug-likeness (QED) is 0.337. The van der Waals surface area contributed by atoms with Gasteiger partial charge in [-0.25, -0.2) is 0 Å². The van der Waals surface area contributed by atoms with Gasteiger partial charge in [0.25, 0.3) is 0 Å². The molecule has 70 valence electrons. The normalized spacial score (nSPS) is 6.31. The molecule has 0 atom stereocenters. The Labute approximate surface area is 120 Å². The number of hydrogen-bond acceptors (Lipinski definition) is 1. The van der Waals surface area contributed by atoms with Gasteiger partial charge in [0.1, 0.15) is 0 Å². The summed E-state index contributed by atoms with van der Waals surface area (Å²) < 4.78 is 1.23. The summed E-state index contributed by atoms with van der Waals surface area (Å²) in [5.41, 5.74) is 1.10. The minimum absolute atomic E-state index is 0. The van der Waals surface area contributed by atoms with Gasteiger partial charge in [0.05, 0.1) is 0 Å². The summed E-state index contributed by atoms with van der Waals surface area (Å²) >= 11 is 6.51. The molecule has 0 aromatic heterocycles. The van der Waals surface area contributed by atoms with Crippen molar-refractivity contribution in [3.05, 3.63) is 46.9 Å². The number of hydrogen-bond donors (Lipinski definition) is 0. The molecule has 5 heteroatoms. The van der Waals surface area contributed by atoms with Gasteiger partial charge in [-0.2, -0.15) is 18.6 Å². The van der Waals surface area contributed by atoms with Crippen LogP contribution in [0.2, 0.25) is 0 Å². The summed E-state index contributed by atoms with van der Waals surface area (Å²) in [4.78, 5) is 0. The zero-order chi connectivity index (χ0) is 9.98. The van der Waals surface area contributed by atoms with E-state index in [-0.39, 0.29) is 17.1 Å². The molecule has 0 N–H and O–H groups in total. The molecule has 0 heterocycles. The Balaban J connectivity index is -0.000000178. The van der Waals surface area contributed by atoms with Gasteiger partial charge in [-0.1, -0.05) is 9.64 Å². The van der Waals surface area contributed by atoms with Gasteiger partial charge >= 0.3 is 47.0 Å². The van der Waals surface area contributed by atoms with Crippen molar-refractivity contribution in [2.45, 2.75) is 0 Å². The van der Waals surface area contributed by atoms with Gasteiger partial charge in [-0.3, -0.25) is 0 Å². The molecule has 13 heavy (non-hydrogen) atoms. The van der Waals surface area contributed by atoms with Crippen LogP contribution in [0.25, 0.3) is 0 Å². The summed E-state index contributed by atoms with van der Waals surface area (Å²) in [6, 6.07) is 8.05. The van der Waals surface area contributed by atoms with E-state index in [0.717, 1.165) is 5.56 Å². The van der Waals surface area contributed by atoms with E-state index in [9.17, 15) is 0 Å². The van der Waals surface area contributed by atoms with Crippen LogP contribution in [0.1, 0.15) is 5.56 Å². The van der Waals surface area contributed by atoms with E-state index >= 15 is 0 Å². The SMILES string of the molecule is [C-]#N.[CH2-]c1ccccc1I.[Cu+].[Zn+][Br]. The molecule has 0 fully saturated rings. The van der Waals surface area contributed by atoms with E-state index in [1.165, 1.54) is 19.9 Å². The molecule has 0 bridgehead atoms. The summed E-state index contributed by atoms with van der Waals surface area (Å²) in [7, 11) is 0. The average Bonchev–Trinajstić information content (AvgIpc) is 2.17. The maximum absolute atomic E-state index is 6.25. The van der Waals surface area contributed by atoms with Gasteiger partial charge < -0.3 is 11.8 Å². The first-order chi connectivity index (χ1) is 5.80. The van der Waals surface area contributed by atoms with E-state index in [4.69, 9.17) is 11.8 Å². The first-order valence-corrected chi connectivity index (χ1v) is 10.9. The second kappa shape index (κ2) is 15.4. The average molecular weight is 452 g/mol. The van der Waals surface area contributed by atoms with Crippen LogP contribution in [0.4, 0.5) is 0 Å². The van der Waals surface area contributed by atoms with Crippen LogP contribution in [0, 0.1) is 22.3 Å². The van der Waals surface area contributed by atoms with E-state index in [0.29, 0.717) is 0 Å². The molecule has 0 spiro atoms. The second-order valence-electron chi connectivity index (χ2n) is 1.59. The van der Waals surface area contributed by atoms with E-state index in [1.54, 1.807) is 0 Å². The van der Waals surface area contributed by atoms with Crippen LogP contribution < -0.4 is 0 Å². The molecule has 1 nitrogen and oxygen atoms in total. The monoisotopic (exact) mass is 449 g/mol. The summed E-state index contributed by atoms with van der Waals surface area (Å²) in [6.07, 6.45) is 0. The van der Waals surface area contributed by atoms with Gasteiger partial charge in [0.2, 0.25) is 0 Å². The number of benzene rings is 1. The Morgan fingerprint density at radius 3 is 1.92 bits per heavy atom. The van der Waals surface area contributed by atoms with Crippen LogP contribution in [0.15, 0.2) is 24.3 Å². The zero-order valence-corrected chi connectivity index (χ0v) is 14.4. The Hall–Kier alpha value is 0.933. The van der Waals surface area contributed by atoms with Crippen molar-refractivity contribution in [1.82, 2.24) is 0 Å². The number of halogens is 2. The van der Waals surface area contributed by atoms with Crippen LogP contribution in [0.3, 0.4) is 0 Å². The van der Waals surface area contributed by atoms with Crippen molar-refractivity contribution in [3.8, 4) is 0 Å². The molecule has 0 amide bonds. The molecule has 0 aliphatic heterocycles. The molecule has 0 saturated heterocycles. The Bertz CT molecular complexity index is 211. The predicted molar refractivity (Wildman–Crippen MR) is 57.5 cm³/mol. The van der Waals surface area contributed by atoms with Crippen LogP contribution in [-0.4, -0.2) is 0 Å². The van der Waals surface area contributed by atoms with E-state index < -0.39 is 0 Å². The van der Waals surface area contributed by atoms with Gasteiger partial charge in [0, 0.05) is 0 Å². The fourth-order valence-electron chi connectivity index (χ4n) is 0.498. The molecule has 0 unspecified atom stereocenters. The first-order valence-electron chi connectivity index (χ1n) is 2.86. The van der Waals surface area contributed by atoms with E-state index in [2.05, 4.69) is 43.1 Å². The Kier molecular flexibility index (Phi) is 23.1. The Morgan fingerprint density at radius 2 is 1.69 bits per heavy atom. The van der Waals surface area contributed by atoms with E-state index in [1.807, 2.05) is 24.3 Å². The molecule has 0 radical (unpaired) electrons. The molecule has 0 aliphatic carbocycles. The van der Waals surface area contributed by atoms with Gasteiger partial charge in [0.15, 0.2) is 0 Å². The molecule has 1 rings (SSSR count). The van der Waals surface area contributed by atoms with Crippen LogP contribution in [0.5, 0.6) is 0 Å². The third-order valence-electron chi connectivity index (χ3n) is 0.958. The van der Waals surface area contributed by atoms with Crippen LogP contribution in [-0.2, 0) is 33.4 Å². The summed E-state index contributed by atoms with van der Waals surface area (Å²) in [6.45, 7) is 8.56. The fraction of sp³-hybridized carbons (Fsp3) is 0. The zero-order valence-electron chi connectivity index (χ0n) is 6.73. The first kappa shape index (κ1) is 19.5. The minimum atomic E-state index is 0. The second-order valence-corrected chi connectivity index (χ2v) is 2.75. The van der Waals surface area contributed by atoms with Crippen molar-refractivity contribution in [3.63, 3.8) is 0 Å². The summed E-state index contributed by atoms with van der Waals surface area (Å²) in [5.74, 6) is 0. The molecule has 0 aliphatic rings. The van der Waals surface area contributed by atoms with Gasteiger partial charge in [-0.15, -0.1) is 34.7 Å². The van der Waals surface area contributed by atoms with Crippen molar-refractivity contribution in [2.24, 2.45) is 0 Å². The Morgan fingerprint density at radius 1 is 1.31 bits per heavy atom. The maximum atomic E-state index is 6.25. The standard InChI is InChI=1S/C7H6I.CN.BrH.Cu.Zn/c1-6-4-2-3-5-7(6)8;1-2;;;/h2-5H,1H2;;1H;;/q2*-1;;+1;+2/p-1. The van der Waals surface area contributed by atoms with Crippen molar-refractivity contribution < 1.29 is 33.4 Å². The van der Waals surface area contributed by atoms with Crippen molar-refractivity contribution >= 4 is 36.2 Å². The molecular formula is C8H6BrCuINZn. The number of nitrogens with zero attached hydrogens (tertiary/aromatic N) is 1. The topological polar surface area (TPSA) is 23.8 Å². The molecule has 1 aromatic carbocycles. The molecular weight excluding hydrogens is 446 g/mol. The van der Waals surface area contributed by atoms with Crippen molar-refractivity contribution in [2.75, 3.05) is 0 Å². The molecule has 1 aromatic rings. The predicted octanol–water partition coefficient (Wildman–Crippen LogP) is 3.41. The van der Waals surface area contributed by atoms with Crippen molar-refractivity contribution in [1.29, 1.82) is 5.26 Å². The third-order valence-corrected chi connectivity index (χ3v) is 2.01. The molecule has 0 saturated carbocycles. The van der Waals surface area contributed by atoms with Crippen LogP contribution >= 0.6 is 36.2 Å². The summed E-state index contributed by atoms with van der Waals surface area (Å²) in [5, 5.41) is 6.25. The van der Waals surface area contributed by atoms with Gasteiger partial charge in [-0.05, 0) is 0 Å².